The summed E-state index contributed by atoms with van der Waals surface area (Å²) >= 11 is 0. The maximum Gasteiger partial charge on any atom is 0.274 e. The summed E-state index contributed by atoms with van der Waals surface area (Å²) in [5, 5.41) is 7.26. The van der Waals surface area contributed by atoms with Crippen molar-refractivity contribution in [3.05, 3.63) is 83.8 Å². The van der Waals surface area contributed by atoms with Gasteiger partial charge in [0, 0.05) is 25.1 Å². The largest absolute Gasteiger partial charge is 0.313 e. The molecule has 2 aromatic heterocycles. The zero-order valence-corrected chi connectivity index (χ0v) is 21.4. The van der Waals surface area contributed by atoms with Gasteiger partial charge in [0.05, 0.1) is 11.4 Å². The second-order valence-electron chi connectivity index (χ2n) is 9.94. The molecule has 2 amide bonds. The van der Waals surface area contributed by atoms with Crippen molar-refractivity contribution in [2.75, 3.05) is 5.32 Å². The fourth-order valence-corrected chi connectivity index (χ4v) is 4.82. The van der Waals surface area contributed by atoms with Crippen LogP contribution < -0.4 is 9.88 Å². The summed E-state index contributed by atoms with van der Waals surface area (Å²) < 4.78 is 18.4. The SMILES string of the molecule is CCc1cccc(-n2nc(C)cc2C(=O)Nc2c[n+](C(CCC3CC3)N3C=CCCC3=O)ccc2F)c1. The average molecular weight is 503 g/mol. The number of nitrogens with zero attached hydrogens (tertiary/aromatic N) is 4. The van der Waals surface area contributed by atoms with E-state index in [1.54, 1.807) is 28.0 Å². The van der Waals surface area contributed by atoms with Gasteiger partial charge in [-0.1, -0.05) is 38.0 Å². The molecule has 3 aromatic rings. The lowest BCUT2D eigenvalue weighted by Gasteiger charge is -2.27. The van der Waals surface area contributed by atoms with E-state index in [2.05, 4.69) is 17.3 Å². The molecule has 1 aromatic carbocycles. The van der Waals surface area contributed by atoms with Gasteiger partial charge in [0.15, 0.2) is 18.2 Å². The number of hydrogen-bond donors (Lipinski definition) is 1. The van der Waals surface area contributed by atoms with E-state index in [1.807, 2.05) is 48.0 Å². The van der Waals surface area contributed by atoms with Crippen molar-refractivity contribution in [3.8, 4) is 5.69 Å². The van der Waals surface area contributed by atoms with Crippen molar-refractivity contribution in [2.45, 2.75) is 65.0 Å². The van der Waals surface area contributed by atoms with Gasteiger partial charge in [0.1, 0.15) is 11.4 Å². The van der Waals surface area contributed by atoms with Gasteiger partial charge in [0.25, 0.3) is 5.91 Å². The molecule has 0 saturated heterocycles. The molecule has 0 bridgehead atoms. The van der Waals surface area contributed by atoms with E-state index in [-0.39, 0.29) is 17.8 Å². The Morgan fingerprint density at radius 1 is 1.27 bits per heavy atom. The van der Waals surface area contributed by atoms with E-state index in [0.29, 0.717) is 23.7 Å². The van der Waals surface area contributed by atoms with Crippen LogP contribution in [0.15, 0.2) is 61.1 Å². The van der Waals surface area contributed by atoms with Crippen molar-refractivity contribution >= 4 is 17.5 Å². The van der Waals surface area contributed by atoms with Crippen LogP contribution in [0.3, 0.4) is 0 Å². The zero-order chi connectivity index (χ0) is 25.9. The van der Waals surface area contributed by atoms with Crippen LogP contribution in [0.2, 0.25) is 0 Å². The summed E-state index contributed by atoms with van der Waals surface area (Å²) in [5.74, 6) is -0.245. The van der Waals surface area contributed by atoms with Crippen LogP contribution in [-0.4, -0.2) is 26.5 Å². The minimum Gasteiger partial charge on any atom is -0.313 e. The van der Waals surface area contributed by atoms with Crippen LogP contribution in [0.5, 0.6) is 0 Å². The molecule has 1 aliphatic heterocycles. The van der Waals surface area contributed by atoms with Gasteiger partial charge in [-0.05, 0) is 55.9 Å². The van der Waals surface area contributed by atoms with E-state index in [9.17, 15) is 14.0 Å². The standard InChI is InChI=1S/C29H32FN5O2/c1-3-21-7-6-8-23(18-21)35-26(17-20(2)32-35)29(37)31-25-19-33(16-14-24(25)30)27(13-12-22-10-11-22)34-15-5-4-9-28(34)36/h5-8,14-19,22,27H,3-4,9-13H2,1-2H3/p+1. The molecule has 7 nitrogen and oxygen atoms in total. The summed E-state index contributed by atoms with van der Waals surface area (Å²) in [6.07, 6.45) is 13.1. The molecular weight excluding hydrogens is 469 g/mol. The van der Waals surface area contributed by atoms with Crippen molar-refractivity contribution in [2.24, 2.45) is 5.92 Å². The van der Waals surface area contributed by atoms with Crippen molar-refractivity contribution in [1.29, 1.82) is 0 Å². The lowest BCUT2D eigenvalue weighted by Crippen LogP contribution is -2.50. The Morgan fingerprint density at radius 2 is 2.11 bits per heavy atom. The second kappa shape index (κ2) is 10.7. The molecule has 1 N–H and O–H groups in total. The molecule has 1 atom stereocenters. The van der Waals surface area contributed by atoms with Crippen LogP contribution in [0.4, 0.5) is 10.1 Å². The van der Waals surface area contributed by atoms with Gasteiger partial charge < -0.3 is 5.32 Å². The number of anilines is 1. The van der Waals surface area contributed by atoms with E-state index < -0.39 is 11.7 Å². The summed E-state index contributed by atoms with van der Waals surface area (Å²) in [7, 11) is 0. The minimum atomic E-state index is -0.540. The highest BCUT2D eigenvalue weighted by atomic mass is 19.1. The highest BCUT2D eigenvalue weighted by molar-refractivity contribution is 6.03. The Hall–Kier alpha value is -3.81. The number of aromatic nitrogens is 3. The maximum absolute atomic E-state index is 14.9. The number of halogens is 1. The van der Waals surface area contributed by atoms with Gasteiger partial charge in [-0.15, -0.1) is 0 Å². The summed E-state index contributed by atoms with van der Waals surface area (Å²) in [5.41, 5.74) is 2.97. The number of carbonyl (C=O) groups is 2. The first-order chi connectivity index (χ1) is 17.9. The number of benzene rings is 1. The van der Waals surface area contributed by atoms with Gasteiger partial charge in [-0.2, -0.15) is 9.67 Å². The third-order valence-corrected chi connectivity index (χ3v) is 7.08. The molecule has 8 heteroatoms. The lowest BCUT2D eigenvalue weighted by molar-refractivity contribution is -0.739. The number of carbonyl (C=O) groups excluding carboxylic acids is 2. The Labute approximate surface area is 216 Å². The molecule has 5 rings (SSSR count). The Kier molecular flexibility index (Phi) is 7.17. The molecule has 0 spiro atoms. The maximum atomic E-state index is 14.9. The fraction of sp³-hybridized carbons (Fsp3) is 0.379. The van der Waals surface area contributed by atoms with Crippen LogP contribution in [-0.2, 0) is 11.2 Å². The summed E-state index contributed by atoms with van der Waals surface area (Å²) in [4.78, 5) is 27.8. The van der Waals surface area contributed by atoms with Crippen LogP contribution in [0.25, 0.3) is 5.69 Å². The quantitative estimate of drug-likeness (QED) is 0.407. The average Bonchev–Trinajstić information content (AvgIpc) is 3.65. The van der Waals surface area contributed by atoms with Crippen LogP contribution in [0.1, 0.15) is 73.4 Å². The van der Waals surface area contributed by atoms with Crippen LogP contribution >= 0.6 is 0 Å². The van der Waals surface area contributed by atoms with Crippen molar-refractivity contribution in [3.63, 3.8) is 0 Å². The number of amides is 2. The molecule has 2 aliphatic rings. The zero-order valence-electron chi connectivity index (χ0n) is 21.4. The van der Waals surface area contributed by atoms with Gasteiger partial charge in [0.2, 0.25) is 12.1 Å². The number of hydrogen-bond acceptors (Lipinski definition) is 3. The van der Waals surface area contributed by atoms with E-state index in [1.165, 1.54) is 18.9 Å². The molecule has 1 saturated carbocycles. The van der Waals surface area contributed by atoms with Gasteiger partial charge in [-0.3, -0.25) is 14.5 Å². The second-order valence-corrected chi connectivity index (χ2v) is 9.94. The highest BCUT2D eigenvalue weighted by Gasteiger charge is 2.33. The molecule has 192 valence electrons. The van der Waals surface area contributed by atoms with E-state index >= 15 is 0 Å². The first kappa shape index (κ1) is 24.9. The molecule has 37 heavy (non-hydrogen) atoms. The topological polar surface area (TPSA) is 71.1 Å². The molecule has 1 unspecified atom stereocenters. The normalized spacial score (nSPS) is 16.2. The van der Waals surface area contributed by atoms with E-state index in [0.717, 1.165) is 36.9 Å². The highest BCUT2D eigenvalue weighted by Crippen LogP contribution is 2.35. The van der Waals surface area contributed by atoms with E-state index in [4.69, 9.17) is 0 Å². The molecule has 1 aliphatic carbocycles. The van der Waals surface area contributed by atoms with Crippen molar-refractivity contribution in [1.82, 2.24) is 14.7 Å². The van der Waals surface area contributed by atoms with Crippen LogP contribution in [0, 0.1) is 18.7 Å². The molecule has 1 fully saturated rings. The number of nitrogens with one attached hydrogen (secondary N) is 1. The first-order valence-electron chi connectivity index (χ1n) is 13.1. The lowest BCUT2D eigenvalue weighted by atomic mass is 10.1. The third-order valence-electron chi connectivity index (χ3n) is 7.08. The number of rotatable bonds is 9. The van der Waals surface area contributed by atoms with Gasteiger partial charge >= 0.3 is 0 Å². The fourth-order valence-electron chi connectivity index (χ4n) is 4.82. The van der Waals surface area contributed by atoms with Gasteiger partial charge in [-0.25, -0.2) is 9.07 Å². The predicted octanol–water partition coefficient (Wildman–Crippen LogP) is 5.25. The molecule has 0 radical (unpaired) electrons. The summed E-state index contributed by atoms with van der Waals surface area (Å²) in [6, 6.07) is 10.9. The first-order valence-corrected chi connectivity index (χ1v) is 13.1. The molecular formula is C29H33FN5O2+. The number of aryl methyl sites for hydroxylation is 2. The minimum absolute atomic E-state index is 0.0550. The Balaban J connectivity index is 1.43. The third kappa shape index (κ3) is 5.63. The Bertz CT molecular complexity index is 1340. The number of allylic oxidation sites excluding steroid dienone is 1. The Morgan fingerprint density at radius 3 is 2.86 bits per heavy atom. The van der Waals surface area contributed by atoms with Crippen molar-refractivity contribution < 1.29 is 18.5 Å². The molecule has 3 heterocycles. The predicted molar refractivity (Wildman–Crippen MR) is 138 cm³/mol. The summed E-state index contributed by atoms with van der Waals surface area (Å²) in [6.45, 7) is 3.89. The number of pyridine rings is 1. The smallest absolute Gasteiger partial charge is 0.274 e. The monoisotopic (exact) mass is 502 g/mol.